The van der Waals surface area contributed by atoms with E-state index in [4.69, 9.17) is 4.74 Å². The SMILES string of the molecule is COC(=O)N1CCC(N[C@@H](c2ccccc2)c2ccc(F)cn2)CC1. The number of nitrogens with zero attached hydrogens (tertiary/aromatic N) is 2. The number of pyridine rings is 1. The zero-order valence-corrected chi connectivity index (χ0v) is 14.2. The first-order chi connectivity index (χ1) is 12.2. The van der Waals surface area contributed by atoms with Gasteiger partial charge in [0.1, 0.15) is 5.82 Å². The molecule has 1 aromatic heterocycles. The van der Waals surface area contributed by atoms with Crippen LogP contribution in [0.5, 0.6) is 0 Å². The molecule has 0 unspecified atom stereocenters. The van der Waals surface area contributed by atoms with E-state index >= 15 is 0 Å². The third kappa shape index (κ3) is 4.33. The summed E-state index contributed by atoms with van der Waals surface area (Å²) in [6.07, 6.45) is 2.63. The molecule has 3 rings (SSSR count). The predicted octanol–water partition coefficient (Wildman–Crippen LogP) is 3.13. The molecule has 25 heavy (non-hydrogen) atoms. The molecule has 2 aromatic rings. The quantitative estimate of drug-likeness (QED) is 0.927. The fraction of sp³-hybridized carbons (Fsp3) is 0.368. The lowest BCUT2D eigenvalue weighted by atomic mass is 9.98. The van der Waals surface area contributed by atoms with Crippen molar-refractivity contribution in [2.75, 3.05) is 20.2 Å². The van der Waals surface area contributed by atoms with Gasteiger partial charge in [0.05, 0.1) is 25.0 Å². The molecule has 6 heteroatoms. The van der Waals surface area contributed by atoms with Crippen molar-refractivity contribution in [1.82, 2.24) is 15.2 Å². The average molecular weight is 343 g/mol. The van der Waals surface area contributed by atoms with Crippen molar-refractivity contribution >= 4 is 6.09 Å². The number of benzene rings is 1. The van der Waals surface area contributed by atoms with Crippen molar-refractivity contribution in [2.45, 2.75) is 24.9 Å². The molecule has 1 aliphatic heterocycles. The van der Waals surface area contributed by atoms with Crippen LogP contribution in [0.4, 0.5) is 9.18 Å². The van der Waals surface area contributed by atoms with E-state index < -0.39 is 0 Å². The second-order valence-corrected chi connectivity index (χ2v) is 6.14. The zero-order valence-electron chi connectivity index (χ0n) is 14.2. The largest absolute Gasteiger partial charge is 0.453 e. The highest BCUT2D eigenvalue weighted by Crippen LogP contribution is 2.23. The third-order valence-electron chi connectivity index (χ3n) is 4.51. The van der Waals surface area contributed by atoms with Gasteiger partial charge in [-0.15, -0.1) is 0 Å². The topological polar surface area (TPSA) is 54.5 Å². The van der Waals surface area contributed by atoms with E-state index in [9.17, 15) is 9.18 Å². The summed E-state index contributed by atoms with van der Waals surface area (Å²) in [6.45, 7) is 1.31. The van der Waals surface area contributed by atoms with E-state index in [1.165, 1.54) is 19.4 Å². The predicted molar refractivity (Wildman–Crippen MR) is 92.6 cm³/mol. The van der Waals surface area contributed by atoms with Gasteiger partial charge in [-0.1, -0.05) is 30.3 Å². The van der Waals surface area contributed by atoms with Gasteiger partial charge >= 0.3 is 6.09 Å². The number of carbonyl (C=O) groups is 1. The summed E-state index contributed by atoms with van der Waals surface area (Å²) < 4.78 is 18.0. The summed E-state index contributed by atoms with van der Waals surface area (Å²) in [5, 5.41) is 3.62. The van der Waals surface area contributed by atoms with Crippen LogP contribution in [0.15, 0.2) is 48.7 Å². The molecule has 1 atom stereocenters. The van der Waals surface area contributed by atoms with E-state index in [1.807, 2.05) is 30.3 Å². The average Bonchev–Trinajstić information content (AvgIpc) is 2.67. The molecule has 0 saturated carbocycles. The Hall–Kier alpha value is -2.47. The summed E-state index contributed by atoms with van der Waals surface area (Å²) in [7, 11) is 1.40. The van der Waals surface area contributed by atoms with E-state index in [0.717, 1.165) is 24.1 Å². The van der Waals surface area contributed by atoms with Gasteiger partial charge in [-0.2, -0.15) is 0 Å². The van der Waals surface area contributed by atoms with Crippen LogP contribution in [-0.4, -0.2) is 42.2 Å². The summed E-state index contributed by atoms with van der Waals surface area (Å²) in [6, 6.07) is 13.3. The molecule has 1 aromatic carbocycles. The number of carbonyl (C=O) groups excluding carboxylic acids is 1. The van der Waals surface area contributed by atoms with Gasteiger partial charge in [0.2, 0.25) is 0 Å². The number of piperidine rings is 1. The van der Waals surface area contributed by atoms with Crippen molar-refractivity contribution in [3.05, 3.63) is 65.7 Å². The summed E-state index contributed by atoms with van der Waals surface area (Å²) >= 11 is 0. The molecule has 1 N–H and O–H groups in total. The Labute approximate surface area is 146 Å². The highest BCUT2D eigenvalue weighted by Gasteiger charge is 2.26. The maximum Gasteiger partial charge on any atom is 0.409 e. The lowest BCUT2D eigenvalue weighted by molar-refractivity contribution is 0.109. The fourth-order valence-corrected chi connectivity index (χ4v) is 3.15. The fourth-order valence-electron chi connectivity index (χ4n) is 3.15. The molecular weight excluding hydrogens is 321 g/mol. The number of nitrogens with one attached hydrogen (secondary N) is 1. The third-order valence-corrected chi connectivity index (χ3v) is 4.51. The molecule has 0 spiro atoms. The monoisotopic (exact) mass is 343 g/mol. The van der Waals surface area contributed by atoms with E-state index in [0.29, 0.717) is 13.1 Å². The smallest absolute Gasteiger partial charge is 0.409 e. The number of aromatic nitrogens is 1. The number of amides is 1. The molecule has 5 nitrogen and oxygen atoms in total. The number of hydrogen-bond donors (Lipinski definition) is 1. The second-order valence-electron chi connectivity index (χ2n) is 6.14. The highest BCUT2D eigenvalue weighted by atomic mass is 19.1. The lowest BCUT2D eigenvalue weighted by Crippen LogP contribution is -2.46. The maximum absolute atomic E-state index is 13.2. The maximum atomic E-state index is 13.2. The molecule has 1 fully saturated rings. The Balaban J connectivity index is 1.73. The molecule has 0 radical (unpaired) electrons. The number of hydrogen-bond acceptors (Lipinski definition) is 4. The molecular formula is C19H22FN3O2. The van der Waals surface area contributed by atoms with Gasteiger partial charge in [-0.25, -0.2) is 9.18 Å². The first-order valence-corrected chi connectivity index (χ1v) is 8.42. The van der Waals surface area contributed by atoms with E-state index in [-0.39, 0.29) is 24.0 Å². The number of halogens is 1. The van der Waals surface area contributed by atoms with Gasteiger partial charge < -0.3 is 15.0 Å². The molecule has 0 bridgehead atoms. The normalized spacial score (nSPS) is 16.5. The minimum absolute atomic E-state index is 0.114. The van der Waals surface area contributed by atoms with Crippen LogP contribution in [-0.2, 0) is 4.74 Å². The van der Waals surface area contributed by atoms with E-state index in [1.54, 1.807) is 11.0 Å². The number of methoxy groups -OCH3 is 1. The first-order valence-electron chi connectivity index (χ1n) is 8.42. The zero-order chi connectivity index (χ0) is 17.6. The minimum Gasteiger partial charge on any atom is -0.453 e. The van der Waals surface area contributed by atoms with Gasteiger partial charge in [-0.05, 0) is 30.5 Å². The molecule has 132 valence electrons. The standard InChI is InChI=1S/C19H22FN3O2/c1-25-19(24)23-11-9-16(10-12-23)22-18(14-5-3-2-4-6-14)17-8-7-15(20)13-21-17/h2-8,13,16,18,22H,9-12H2,1H3/t18-/m0/s1. The van der Waals surface area contributed by atoms with Crippen molar-refractivity contribution in [3.63, 3.8) is 0 Å². The van der Waals surface area contributed by atoms with E-state index in [2.05, 4.69) is 10.3 Å². The first kappa shape index (κ1) is 17.4. The van der Waals surface area contributed by atoms with Crippen molar-refractivity contribution in [1.29, 1.82) is 0 Å². The van der Waals surface area contributed by atoms with Gasteiger partial charge in [0.25, 0.3) is 0 Å². The molecule has 1 aliphatic rings. The number of ether oxygens (including phenoxy) is 1. The Bertz CT molecular complexity index is 686. The minimum atomic E-state index is -0.345. The van der Waals surface area contributed by atoms with Gasteiger partial charge in [0, 0.05) is 19.1 Å². The van der Waals surface area contributed by atoms with Crippen LogP contribution in [0.1, 0.15) is 30.1 Å². The molecule has 2 heterocycles. The molecule has 1 amide bonds. The molecule has 1 saturated heterocycles. The second kappa shape index (κ2) is 8.07. The van der Waals surface area contributed by atoms with Crippen LogP contribution >= 0.6 is 0 Å². The Morgan fingerprint density at radius 2 is 1.96 bits per heavy atom. The Kier molecular flexibility index (Phi) is 5.60. The Morgan fingerprint density at radius 3 is 2.56 bits per heavy atom. The van der Waals surface area contributed by atoms with Gasteiger partial charge in [0.15, 0.2) is 0 Å². The summed E-state index contributed by atoms with van der Waals surface area (Å²) in [5.74, 6) is -0.345. The highest BCUT2D eigenvalue weighted by molar-refractivity contribution is 5.67. The molecule has 0 aliphatic carbocycles. The van der Waals surface area contributed by atoms with Crippen molar-refractivity contribution < 1.29 is 13.9 Å². The number of rotatable bonds is 4. The number of likely N-dealkylation sites (tertiary alicyclic amines) is 1. The van der Waals surface area contributed by atoms with Crippen LogP contribution in [0.25, 0.3) is 0 Å². The summed E-state index contributed by atoms with van der Waals surface area (Å²) in [4.78, 5) is 17.6. The van der Waals surface area contributed by atoms with Crippen LogP contribution < -0.4 is 5.32 Å². The van der Waals surface area contributed by atoms with Crippen LogP contribution in [0.2, 0.25) is 0 Å². The summed E-state index contributed by atoms with van der Waals surface area (Å²) in [5.41, 5.74) is 1.86. The lowest BCUT2D eigenvalue weighted by Gasteiger charge is -2.33. The van der Waals surface area contributed by atoms with Crippen molar-refractivity contribution in [3.8, 4) is 0 Å². The van der Waals surface area contributed by atoms with Crippen LogP contribution in [0, 0.1) is 5.82 Å². The van der Waals surface area contributed by atoms with Crippen LogP contribution in [0.3, 0.4) is 0 Å². The van der Waals surface area contributed by atoms with Gasteiger partial charge in [-0.3, -0.25) is 4.98 Å². The Morgan fingerprint density at radius 1 is 1.24 bits per heavy atom. The van der Waals surface area contributed by atoms with Crippen molar-refractivity contribution in [2.24, 2.45) is 0 Å².